The van der Waals surface area contributed by atoms with Crippen LogP contribution in [0.5, 0.6) is 0 Å². The molecule has 9 aromatic rings. The molecule has 2 heteroatoms. The second-order valence-corrected chi connectivity index (χ2v) is 18.6. The Balaban J connectivity index is 1.08. The number of benzene rings is 9. The van der Waals surface area contributed by atoms with Crippen LogP contribution in [0, 0.1) is 0 Å². The summed E-state index contributed by atoms with van der Waals surface area (Å²) in [6, 6.07) is 80.9. The highest BCUT2D eigenvalue weighted by atomic mass is 31.2. The topological polar surface area (TPSA) is 17.1 Å². The van der Waals surface area contributed by atoms with E-state index in [1.54, 1.807) is 0 Å². The van der Waals surface area contributed by atoms with Gasteiger partial charge in [0.1, 0.15) is 0 Å². The van der Waals surface area contributed by atoms with Crippen LogP contribution in [-0.2, 0) is 15.4 Å². The molecule has 0 amide bonds. The molecule has 0 bridgehead atoms. The highest BCUT2D eigenvalue weighted by molar-refractivity contribution is 7.85. The Hall–Kier alpha value is -6.79. The van der Waals surface area contributed by atoms with E-state index in [0.717, 1.165) is 27.0 Å². The molecule has 0 aromatic heterocycles. The van der Waals surface area contributed by atoms with Crippen molar-refractivity contribution >= 4 is 23.1 Å². The smallest absolute Gasteiger partial charge is 0.171 e. The SMILES string of the molecule is O=P(c1ccccc1)(c1ccccc1)c1ccc(-c2ccc3c(c2)-c2ccccc2C32c3ccccc3C3(c4ccccc4)c4ccccc4-c4cccc2c43)cc1. The Morgan fingerprint density at radius 3 is 1.36 bits per heavy atom. The lowest BCUT2D eigenvalue weighted by atomic mass is 9.52. The Kier molecular flexibility index (Phi) is 7.11. The maximum Gasteiger partial charge on any atom is 0.171 e. The van der Waals surface area contributed by atoms with Crippen LogP contribution < -0.4 is 15.9 Å². The third kappa shape index (κ3) is 4.19. The Morgan fingerprint density at radius 1 is 0.293 bits per heavy atom. The molecule has 0 radical (unpaired) electrons. The third-order valence-electron chi connectivity index (χ3n) is 13.3. The van der Waals surface area contributed by atoms with Gasteiger partial charge < -0.3 is 4.57 Å². The molecular formula is C56H37OP. The first-order valence-corrected chi connectivity index (χ1v) is 21.8. The van der Waals surface area contributed by atoms with Crippen LogP contribution in [0.2, 0.25) is 0 Å². The predicted octanol–water partition coefficient (Wildman–Crippen LogP) is 12.0. The summed E-state index contributed by atoms with van der Waals surface area (Å²) in [4.78, 5) is 0. The van der Waals surface area contributed by atoms with E-state index >= 15 is 4.57 Å². The third-order valence-corrected chi connectivity index (χ3v) is 16.3. The summed E-state index contributed by atoms with van der Waals surface area (Å²) in [5.41, 5.74) is 17.1. The van der Waals surface area contributed by atoms with Gasteiger partial charge in [0.15, 0.2) is 7.14 Å². The van der Waals surface area contributed by atoms with Crippen LogP contribution in [0.25, 0.3) is 33.4 Å². The molecule has 9 aromatic carbocycles. The van der Waals surface area contributed by atoms with Gasteiger partial charge >= 0.3 is 0 Å². The van der Waals surface area contributed by atoms with E-state index in [9.17, 15) is 0 Å². The van der Waals surface area contributed by atoms with Crippen LogP contribution in [0.3, 0.4) is 0 Å². The first-order chi connectivity index (χ1) is 28.7. The molecule has 58 heavy (non-hydrogen) atoms. The maximum atomic E-state index is 15.2. The van der Waals surface area contributed by atoms with E-state index in [0.29, 0.717) is 0 Å². The van der Waals surface area contributed by atoms with Crippen LogP contribution in [-0.4, -0.2) is 0 Å². The van der Waals surface area contributed by atoms with Crippen molar-refractivity contribution in [3.8, 4) is 33.4 Å². The molecular weight excluding hydrogens is 720 g/mol. The van der Waals surface area contributed by atoms with Crippen molar-refractivity contribution in [1.29, 1.82) is 0 Å². The zero-order chi connectivity index (χ0) is 38.5. The van der Waals surface area contributed by atoms with E-state index < -0.39 is 18.0 Å². The minimum absolute atomic E-state index is 0.454. The Morgan fingerprint density at radius 2 is 0.724 bits per heavy atom. The van der Waals surface area contributed by atoms with Crippen molar-refractivity contribution in [2.24, 2.45) is 0 Å². The lowest BCUT2D eigenvalue weighted by Gasteiger charge is -2.48. The number of fused-ring (bicyclic) bond motifs is 12. The van der Waals surface area contributed by atoms with Crippen molar-refractivity contribution in [2.75, 3.05) is 0 Å². The summed E-state index contributed by atoms with van der Waals surface area (Å²) in [6.45, 7) is 0. The molecule has 1 nitrogen and oxygen atoms in total. The van der Waals surface area contributed by atoms with E-state index in [-0.39, 0.29) is 0 Å². The van der Waals surface area contributed by atoms with Gasteiger partial charge in [0.2, 0.25) is 0 Å². The van der Waals surface area contributed by atoms with Crippen LogP contribution in [0.1, 0.15) is 44.5 Å². The summed E-state index contributed by atoms with van der Waals surface area (Å²) in [7, 11) is -3.08. The standard InChI is InChI=1S/C56H37OP/c57-58(41-19-6-2-7-20-41,42-21-8-3-9-22-42)43-34-31-38(32-35-43)39-33-36-50-47(37-39)45-24-11-13-27-49(45)56(50)52-29-15-14-28-51(52)55(40-17-4-1-5-18-40)48-26-12-10-23-44(48)46-25-16-30-53(56)54(46)55/h1-37H. The fourth-order valence-corrected chi connectivity index (χ4v) is 13.7. The van der Waals surface area contributed by atoms with Crippen molar-refractivity contribution in [3.05, 3.63) is 269 Å². The predicted molar refractivity (Wildman–Crippen MR) is 239 cm³/mol. The second-order valence-electron chi connectivity index (χ2n) is 15.8. The van der Waals surface area contributed by atoms with Gasteiger partial charge in [-0.2, -0.15) is 0 Å². The first kappa shape index (κ1) is 33.4. The zero-order valence-corrected chi connectivity index (χ0v) is 32.6. The lowest BCUT2D eigenvalue weighted by molar-refractivity contribution is 0.592. The van der Waals surface area contributed by atoms with Crippen LogP contribution in [0.15, 0.2) is 224 Å². The van der Waals surface area contributed by atoms with Crippen molar-refractivity contribution < 1.29 is 4.57 Å². The van der Waals surface area contributed by atoms with Gasteiger partial charge in [0.05, 0.1) is 10.8 Å². The summed E-state index contributed by atoms with van der Waals surface area (Å²) in [5, 5.41) is 2.51. The van der Waals surface area contributed by atoms with Crippen LogP contribution in [0.4, 0.5) is 0 Å². The number of rotatable bonds is 5. The van der Waals surface area contributed by atoms with E-state index in [1.807, 2.05) is 60.7 Å². The van der Waals surface area contributed by atoms with E-state index in [1.165, 1.54) is 66.8 Å². The lowest BCUT2D eigenvalue weighted by Crippen LogP contribution is -2.43. The minimum Gasteiger partial charge on any atom is -0.309 e. The Labute approximate surface area is 339 Å². The second kappa shape index (κ2) is 12.4. The monoisotopic (exact) mass is 756 g/mol. The van der Waals surface area contributed by atoms with Gasteiger partial charge in [-0.05, 0) is 84.0 Å². The molecule has 3 aliphatic carbocycles. The summed E-state index contributed by atoms with van der Waals surface area (Å²) < 4.78 is 15.2. The molecule has 0 heterocycles. The molecule has 12 rings (SSSR count). The molecule has 2 atom stereocenters. The molecule has 0 fully saturated rings. The van der Waals surface area contributed by atoms with Gasteiger partial charge in [-0.1, -0.05) is 218 Å². The fraction of sp³-hybridized carbons (Fsp3) is 0.0357. The molecule has 2 unspecified atom stereocenters. The molecule has 0 saturated carbocycles. The highest BCUT2D eigenvalue weighted by Gasteiger charge is 2.59. The van der Waals surface area contributed by atoms with E-state index in [2.05, 4.69) is 164 Å². The van der Waals surface area contributed by atoms with Crippen LogP contribution >= 0.6 is 7.14 Å². The van der Waals surface area contributed by atoms with Gasteiger partial charge in [0.25, 0.3) is 0 Å². The van der Waals surface area contributed by atoms with Gasteiger partial charge in [0, 0.05) is 15.9 Å². The van der Waals surface area contributed by atoms with Crippen molar-refractivity contribution in [3.63, 3.8) is 0 Å². The molecule has 1 spiro atoms. The zero-order valence-electron chi connectivity index (χ0n) is 31.7. The Bertz CT molecular complexity index is 3090. The van der Waals surface area contributed by atoms with Gasteiger partial charge in [-0.3, -0.25) is 0 Å². The summed E-state index contributed by atoms with van der Waals surface area (Å²) in [5.74, 6) is 0. The molecule has 0 saturated heterocycles. The van der Waals surface area contributed by atoms with Crippen molar-refractivity contribution in [2.45, 2.75) is 10.8 Å². The normalized spacial score (nSPS) is 17.9. The molecule has 272 valence electrons. The van der Waals surface area contributed by atoms with E-state index in [4.69, 9.17) is 0 Å². The summed E-state index contributed by atoms with van der Waals surface area (Å²) >= 11 is 0. The first-order valence-electron chi connectivity index (χ1n) is 20.1. The largest absolute Gasteiger partial charge is 0.309 e. The molecule has 0 N–H and O–H groups in total. The molecule has 0 aliphatic heterocycles. The maximum absolute atomic E-state index is 15.2. The average Bonchev–Trinajstić information content (AvgIpc) is 3.78. The molecule has 3 aliphatic rings. The fourth-order valence-electron chi connectivity index (χ4n) is 11.0. The average molecular weight is 757 g/mol. The number of hydrogen-bond donors (Lipinski definition) is 0. The van der Waals surface area contributed by atoms with Gasteiger partial charge in [-0.15, -0.1) is 0 Å². The summed E-state index contributed by atoms with van der Waals surface area (Å²) in [6.07, 6.45) is 0. The quantitative estimate of drug-likeness (QED) is 0.160. The van der Waals surface area contributed by atoms with Crippen molar-refractivity contribution in [1.82, 2.24) is 0 Å². The highest BCUT2D eigenvalue weighted by Crippen LogP contribution is 2.68. The number of hydrogen-bond acceptors (Lipinski definition) is 1. The van der Waals surface area contributed by atoms with Gasteiger partial charge in [-0.25, -0.2) is 0 Å². The minimum atomic E-state index is -3.08.